The third-order valence-corrected chi connectivity index (χ3v) is 4.96. The van der Waals surface area contributed by atoms with Crippen LogP contribution in [0.15, 0.2) is 65.1 Å². The fraction of sp³-hybridized carbons (Fsp3) is 0.100. The van der Waals surface area contributed by atoms with Crippen LogP contribution in [0.25, 0.3) is 10.8 Å². The number of hydrogen-bond acceptors (Lipinski definition) is 3. The van der Waals surface area contributed by atoms with Crippen LogP contribution in [0.3, 0.4) is 0 Å². The summed E-state index contributed by atoms with van der Waals surface area (Å²) in [5, 5.41) is 1.59. The Kier molecular flexibility index (Phi) is 4.01. The molecule has 4 rings (SSSR count). The summed E-state index contributed by atoms with van der Waals surface area (Å²) in [5.74, 6) is 0.154. The molecule has 0 N–H and O–H groups in total. The zero-order valence-corrected chi connectivity index (χ0v) is 14.8. The molecule has 4 nitrogen and oxygen atoms in total. The number of amides is 2. The maximum atomic E-state index is 12.8. The van der Waals surface area contributed by atoms with Crippen molar-refractivity contribution in [2.45, 2.75) is 0 Å². The van der Waals surface area contributed by atoms with Gasteiger partial charge in [0.2, 0.25) is 0 Å². The first-order valence-corrected chi connectivity index (χ1v) is 8.71. The Bertz CT molecular complexity index is 963. The van der Waals surface area contributed by atoms with Gasteiger partial charge < -0.3 is 4.74 Å². The molecular weight excluding hydrogens is 382 g/mol. The van der Waals surface area contributed by atoms with Gasteiger partial charge in [-0.2, -0.15) is 0 Å². The van der Waals surface area contributed by atoms with Gasteiger partial charge in [-0.1, -0.05) is 46.3 Å². The first kappa shape index (κ1) is 15.8. The largest absolute Gasteiger partial charge is 0.492 e. The molecule has 0 fully saturated rings. The van der Waals surface area contributed by atoms with Crippen molar-refractivity contribution in [2.24, 2.45) is 0 Å². The zero-order valence-electron chi connectivity index (χ0n) is 13.2. The molecule has 0 spiro atoms. The van der Waals surface area contributed by atoms with E-state index in [0.717, 1.165) is 9.86 Å². The maximum absolute atomic E-state index is 12.8. The molecule has 0 bridgehead atoms. The van der Waals surface area contributed by atoms with Gasteiger partial charge in [-0.05, 0) is 35.7 Å². The van der Waals surface area contributed by atoms with Crippen molar-refractivity contribution in [1.82, 2.24) is 4.90 Å². The molecule has 3 aromatic carbocycles. The molecule has 0 aliphatic carbocycles. The summed E-state index contributed by atoms with van der Waals surface area (Å²) in [7, 11) is 0. The minimum Gasteiger partial charge on any atom is -0.492 e. The van der Waals surface area contributed by atoms with Crippen molar-refractivity contribution in [2.75, 3.05) is 13.2 Å². The number of para-hydroxylation sites is 1. The number of nitrogens with zero attached hydrogens (tertiary/aromatic N) is 1. The van der Waals surface area contributed by atoms with Crippen molar-refractivity contribution in [3.63, 3.8) is 0 Å². The van der Waals surface area contributed by atoms with Crippen LogP contribution in [0.1, 0.15) is 20.7 Å². The summed E-state index contributed by atoms with van der Waals surface area (Å²) in [6, 6.07) is 18.4. The van der Waals surface area contributed by atoms with E-state index in [9.17, 15) is 9.59 Å². The van der Waals surface area contributed by atoms with Crippen LogP contribution >= 0.6 is 15.9 Å². The quantitative estimate of drug-likeness (QED) is 0.619. The van der Waals surface area contributed by atoms with Crippen LogP contribution in [0.4, 0.5) is 0 Å². The third-order valence-electron chi connectivity index (χ3n) is 4.27. The van der Waals surface area contributed by atoms with E-state index in [2.05, 4.69) is 15.9 Å². The van der Waals surface area contributed by atoms with E-state index in [-0.39, 0.29) is 25.0 Å². The second kappa shape index (κ2) is 6.33. The first-order valence-electron chi connectivity index (χ1n) is 7.92. The van der Waals surface area contributed by atoms with Gasteiger partial charge in [-0.15, -0.1) is 0 Å². The highest BCUT2D eigenvalue weighted by Crippen LogP contribution is 2.34. The molecule has 1 aliphatic heterocycles. The van der Waals surface area contributed by atoms with E-state index in [1.807, 2.05) is 48.5 Å². The molecule has 3 aromatic rings. The summed E-state index contributed by atoms with van der Waals surface area (Å²) in [6.07, 6.45) is 0. The van der Waals surface area contributed by atoms with E-state index >= 15 is 0 Å². The topological polar surface area (TPSA) is 46.6 Å². The van der Waals surface area contributed by atoms with E-state index in [1.165, 1.54) is 4.90 Å². The monoisotopic (exact) mass is 395 g/mol. The van der Waals surface area contributed by atoms with Crippen LogP contribution in [-0.2, 0) is 0 Å². The van der Waals surface area contributed by atoms with E-state index in [0.29, 0.717) is 22.3 Å². The SMILES string of the molecule is O=C1c2cccc3c(Br)ccc(c23)C(=O)N1CCOc1ccccc1. The number of ether oxygens (including phenoxy) is 1. The predicted molar refractivity (Wildman–Crippen MR) is 99.0 cm³/mol. The number of halogens is 1. The average molecular weight is 396 g/mol. The van der Waals surface area contributed by atoms with E-state index < -0.39 is 0 Å². The molecule has 25 heavy (non-hydrogen) atoms. The number of rotatable bonds is 4. The lowest BCUT2D eigenvalue weighted by atomic mass is 9.94. The molecule has 5 heteroatoms. The molecule has 0 atom stereocenters. The molecule has 1 heterocycles. The van der Waals surface area contributed by atoms with Crippen molar-refractivity contribution in [3.05, 3.63) is 76.3 Å². The third kappa shape index (κ3) is 2.70. The minimum absolute atomic E-state index is 0.207. The van der Waals surface area contributed by atoms with Crippen molar-refractivity contribution < 1.29 is 14.3 Å². The summed E-state index contributed by atoms with van der Waals surface area (Å²) >= 11 is 3.49. The Labute approximate surface area is 153 Å². The van der Waals surface area contributed by atoms with Crippen LogP contribution in [-0.4, -0.2) is 29.9 Å². The highest BCUT2D eigenvalue weighted by molar-refractivity contribution is 9.10. The number of imide groups is 1. The Balaban J connectivity index is 1.63. The van der Waals surface area contributed by atoms with Crippen LogP contribution < -0.4 is 4.74 Å². The van der Waals surface area contributed by atoms with Crippen LogP contribution in [0, 0.1) is 0 Å². The Hall–Kier alpha value is -2.66. The summed E-state index contributed by atoms with van der Waals surface area (Å²) in [4.78, 5) is 26.9. The Morgan fingerprint density at radius 1 is 0.840 bits per heavy atom. The summed E-state index contributed by atoms with van der Waals surface area (Å²) in [5.41, 5.74) is 1.10. The molecular formula is C20H14BrNO3. The normalized spacial score (nSPS) is 13.4. The molecule has 124 valence electrons. The number of carbonyl (C=O) groups excluding carboxylic acids is 2. The molecule has 2 amide bonds. The van der Waals surface area contributed by atoms with Crippen molar-refractivity contribution in [1.29, 1.82) is 0 Å². The zero-order chi connectivity index (χ0) is 17.4. The lowest BCUT2D eigenvalue weighted by Crippen LogP contribution is -2.42. The summed E-state index contributed by atoms with van der Waals surface area (Å²) in [6.45, 7) is 0.460. The lowest BCUT2D eigenvalue weighted by molar-refractivity contribution is 0.0587. The highest BCUT2D eigenvalue weighted by Gasteiger charge is 2.32. The predicted octanol–water partition coefficient (Wildman–Crippen LogP) is 4.28. The molecule has 1 aliphatic rings. The van der Waals surface area contributed by atoms with Gasteiger partial charge in [0.25, 0.3) is 11.8 Å². The lowest BCUT2D eigenvalue weighted by Gasteiger charge is -2.27. The van der Waals surface area contributed by atoms with Crippen LogP contribution in [0.2, 0.25) is 0 Å². The smallest absolute Gasteiger partial charge is 0.261 e. The number of benzene rings is 3. The van der Waals surface area contributed by atoms with Gasteiger partial charge in [0.15, 0.2) is 0 Å². The van der Waals surface area contributed by atoms with Gasteiger partial charge in [0.1, 0.15) is 12.4 Å². The second-order valence-corrected chi connectivity index (χ2v) is 6.60. The average Bonchev–Trinajstić information content (AvgIpc) is 2.64. The fourth-order valence-electron chi connectivity index (χ4n) is 3.09. The van der Waals surface area contributed by atoms with Crippen molar-refractivity contribution in [3.8, 4) is 5.75 Å². The molecule has 0 radical (unpaired) electrons. The first-order chi connectivity index (χ1) is 12.2. The van der Waals surface area contributed by atoms with Crippen molar-refractivity contribution >= 4 is 38.5 Å². The summed E-state index contributed by atoms with van der Waals surface area (Å²) < 4.78 is 6.50. The molecule has 0 saturated heterocycles. The minimum atomic E-state index is -0.280. The molecule has 0 aromatic heterocycles. The second-order valence-electron chi connectivity index (χ2n) is 5.75. The highest BCUT2D eigenvalue weighted by atomic mass is 79.9. The molecule has 0 saturated carbocycles. The van der Waals surface area contributed by atoms with Gasteiger partial charge in [-0.3, -0.25) is 14.5 Å². The standard InChI is InChI=1S/C20H14BrNO3/c21-17-10-9-16-18-14(17)7-4-8-15(18)19(23)22(20(16)24)11-12-25-13-5-2-1-3-6-13/h1-10H,11-12H2. The van der Waals surface area contributed by atoms with Gasteiger partial charge in [0, 0.05) is 21.0 Å². The van der Waals surface area contributed by atoms with Gasteiger partial charge in [-0.25, -0.2) is 0 Å². The van der Waals surface area contributed by atoms with Gasteiger partial charge in [0.05, 0.1) is 6.54 Å². The van der Waals surface area contributed by atoms with E-state index in [4.69, 9.17) is 4.74 Å². The number of hydrogen-bond donors (Lipinski definition) is 0. The van der Waals surface area contributed by atoms with Crippen LogP contribution in [0.5, 0.6) is 5.75 Å². The maximum Gasteiger partial charge on any atom is 0.261 e. The Morgan fingerprint density at radius 3 is 2.32 bits per heavy atom. The molecule has 0 unspecified atom stereocenters. The van der Waals surface area contributed by atoms with E-state index in [1.54, 1.807) is 12.1 Å². The van der Waals surface area contributed by atoms with Gasteiger partial charge >= 0.3 is 0 Å². The number of carbonyl (C=O) groups is 2. The fourth-order valence-corrected chi connectivity index (χ4v) is 3.55. The Morgan fingerprint density at radius 2 is 1.56 bits per heavy atom.